The first-order valence-corrected chi connectivity index (χ1v) is 12.6. The van der Waals surface area contributed by atoms with Crippen LogP contribution >= 0.6 is 11.8 Å². The zero-order valence-corrected chi connectivity index (χ0v) is 20.9. The van der Waals surface area contributed by atoms with Gasteiger partial charge in [-0.1, -0.05) is 96.2 Å². The molecule has 0 fully saturated rings. The van der Waals surface area contributed by atoms with Crippen molar-refractivity contribution in [2.24, 2.45) is 5.10 Å². The van der Waals surface area contributed by atoms with Crippen LogP contribution in [-0.2, 0) is 4.79 Å². The lowest BCUT2D eigenvalue weighted by Gasteiger charge is -2.10. The highest BCUT2D eigenvalue weighted by atomic mass is 32.2. The summed E-state index contributed by atoms with van der Waals surface area (Å²) in [7, 11) is 0. The summed E-state index contributed by atoms with van der Waals surface area (Å²) >= 11 is 1.33. The third-order valence-electron chi connectivity index (χ3n) is 5.81. The predicted octanol–water partition coefficient (Wildman–Crippen LogP) is 6.03. The molecule has 4 aromatic carbocycles. The predicted molar refractivity (Wildman–Crippen MR) is 147 cm³/mol. The summed E-state index contributed by atoms with van der Waals surface area (Å²) < 4.78 is 1.98. The summed E-state index contributed by atoms with van der Waals surface area (Å²) in [6.45, 7) is 3.94. The molecule has 0 aliphatic carbocycles. The minimum absolute atomic E-state index is 0.160. The van der Waals surface area contributed by atoms with E-state index in [0.29, 0.717) is 5.16 Å². The number of carbonyl (C=O) groups excluding carboxylic acids is 1. The van der Waals surface area contributed by atoms with Crippen molar-refractivity contribution in [3.8, 4) is 17.1 Å². The number of thioether (sulfide) groups is 1. The van der Waals surface area contributed by atoms with E-state index in [1.165, 1.54) is 22.7 Å². The zero-order chi connectivity index (χ0) is 24.9. The Morgan fingerprint density at radius 2 is 1.61 bits per heavy atom. The molecule has 1 N–H and O–H groups in total. The second-order valence-electron chi connectivity index (χ2n) is 8.43. The molecular formula is C29H25N5OS. The van der Waals surface area contributed by atoms with E-state index in [0.717, 1.165) is 33.7 Å². The molecule has 0 bridgehead atoms. The SMILES string of the molecule is CC(=NNC(=O)CSc1nnc(-c2ccc(C)cc2)n1-c1ccccc1)c1ccc2ccccc2c1. The van der Waals surface area contributed by atoms with Gasteiger partial charge in [-0.2, -0.15) is 5.10 Å². The summed E-state index contributed by atoms with van der Waals surface area (Å²) in [6, 6.07) is 32.4. The maximum Gasteiger partial charge on any atom is 0.250 e. The fraction of sp³-hybridized carbons (Fsp3) is 0.103. The maximum absolute atomic E-state index is 12.6. The van der Waals surface area contributed by atoms with E-state index in [4.69, 9.17) is 0 Å². The molecule has 0 aliphatic rings. The van der Waals surface area contributed by atoms with Crippen molar-refractivity contribution in [2.45, 2.75) is 19.0 Å². The Labute approximate surface area is 214 Å². The van der Waals surface area contributed by atoms with Gasteiger partial charge in [0.15, 0.2) is 11.0 Å². The van der Waals surface area contributed by atoms with Crippen LogP contribution in [0.4, 0.5) is 0 Å². The van der Waals surface area contributed by atoms with Gasteiger partial charge in [0.1, 0.15) is 0 Å². The van der Waals surface area contributed by atoms with Gasteiger partial charge in [0.2, 0.25) is 0 Å². The van der Waals surface area contributed by atoms with E-state index in [1.54, 1.807) is 0 Å². The molecule has 178 valence electrons. The minimum atomic E-state index is -0.209. The number of hydrogen-bond acceptors (Lipinski definition) is 5. The van der Waals surface area contributed by atoms with Crippen molar-refractivity contribution in [2.75, 3.05) is 5.75 Å². The Morgan fingerprint density at radius 3 is 2.39 bits per heavy atom. The Bertz CT molecular complexity index is 1540. The van der Waals surface area contributed by atoms with Crippen molar-refractivity contribution < 1.29 is 4.79 Å². The summed E-state index contributed by atoms with van der Waals surface area (Å²) in [4.78, 5) is 12.6. The van der Waals surface area contributed by atoms with E-state index in [2.05, 4.69) is 64.0 Å². The molecule has 0 atom stereocenters. The van der Waals surface area contributed by atoms with Gasteiger partial charge in [-0.05, 0) is 48.4 Å². The van der Waals surface area contributed by atoms with E-state index in [-0.39, 0.29) is 11.7 Å². The molecule has 1 aromatic heterocycles. The smallest absolute Gasteiger partial charge is 0.250 e. The third kappa shape index (κ3) is 5.21. The van der Waals surface area contributed by atoms with Crippen LogP contribution in [0.2, 0.25) is 0 Å². The first-order chi connectivity index (χ1) is 17.6. The average Bonchev–Trinajstić information content (AvgIpc) is 3.35. The molecule has 0 saturated heterocycles. The first-order valence-electron chi connectivity index (χ1n) is 11.6. The van der Waals surface area contributed by atoms with Crippen molar-refractivity contribution >= 4 is 34.2 Å². The van der Waals surface area contributed by atoms with Gasteiger partial charge in [-0.3, -0.25) is 9.36 Å². The number of carbonyl (C=O) groups is 1. The number of amides is 1. The summed E-state index contributed by atoms with van der Waals surface area (Å²) in [5, 5.41) is 16.1. The Morgan fingerprint density at radius 1 is 0.889 bits per heavy atom. The number of benzene rings is 4. The van der Waals surface area contributed by atoms with Crippen molar-refractivity contribution in [1.82, 2.24) is 20.2 Å². The molecule has 5 rings (SSSR count). The first kappa shape index (κ1) is 23.5. The van der Waals surface area contributed by atoms with E-state index in [9.17, 15) is 4.79 Å². The number of rotatable bonds is 7. The van der Waals surface area contributed by atoms with Gasteiger partial charge < -0.3 is 0 Å². The average molecular weight is 492 g/mol. The summed E-state index contributed by atoms with van der Waals surface area (Å²) in [5.41, 5.74) is 7.46. The number of aromatic nitrogens is 3. The molecule has 0 unspecified atom stereocenters. The summed E-state index contributed by atoms with van der Waals surface area (Å²) in [5.74, 6) is 0.682. The van der Waals surface area contributed by atoms with E-state index < -0.39 is 0 Å². The van der Waals surface area contributed by atoms with E-state index >= 15 is 0 Å². The largest absolute Gasteiger partial charge is 0.272 e. The highest BCUT2D eigenvalue weighted by Crippen LogP contribution is 2.28. The van der Waals surface area contributed by atoms with Crippen LogP contribution in [0.25, 0.3) is 27.8 Å². The topological polar surface area (TPSA) is 72.2 Å². The van der Waals surface area contributed by atoms with E-state index in [1.807, 2.05) is 72.2 Å². The van der Waals surface area contributed by atoms with Crippen molar-refractivity contribution in [1.29, 1.82) is 0 Å². The fourth-order valence-electron chi connectivity index (χ4n) is 3.85. The fourth-order valence-corrected chi connectivity index (χ4v) is 4.59. The second-order valence-corrected chi connectivity index (χ2v) is 9.37. The number of nitrogens with one attached hydrogen (secondary N) is 1. The van der Waals surface area contributed by atoms with Gasteiger partial charge in [-0.15, -0.1) is 10.2 Å². The monoisotopic (exact) mass is 491 g/mol. The molecule has 6 nitrogen and oxygen atoms in total. The second kappa shape index (κ2) is 10.6. The molecule has 0 saturated carbocycles. The Kier molecular flexibility index (Phi) is 6.91. The van der Waals surface area contributed by atoms with Crippen LogP contribution in [0.15, 0.2) is 107 Å². The third-order valence-corrected chi connectivity index (χ3v) is 6.73. The van der Waals surface area contributed by atoms with Crippen LogP contribution in [0, 0.1) is 6.92 Å². The highest BCUT2D eigenvalue weighted by Gasteiger charge is 2.17. The molecule has 7 heteroatoms. The standard InChI is InChI=1S/C29H25N5OS/c1-20-12-14-23(15-13-20)28-32-33-29(34(28)26-10-4-3-5-11-26)36-19-27(35)31-30-21(2)24-17-16-22-8-6-7-9-25(22)18-24/h3-18H,19H2,1-2H3,(H,31,35). The lowest BCUT2D eigenvalue weighted by atomic mass is 10.0. The van der Waals surface area contributed by atoms with Gasteiger partial charge >= 0.3 is 0 Å². The van der Waals surface area contributed by atoms with Gasteiger partial charge in [0, 0.05) is 11.3 Å². The molecule has 36 heavy (non-hydrogen) atoms. The van der Waals surface area contributed by atoms with Crippen LogP contribution < -0.4 is 5.43 Å². The number of fused-ring (bicyclic) bond motifs is 1. The lowest BCUT2D eigenvalue weighted by Crippen LogP contribution is -2.21. The quantitative estimate of drug-likeness (QED) is 0.171. The Balaban J connectivity index is 1.31. The maximum atomic E-state index is 12.6. The number of aryl methyl sites for hydroxylation is 1. The zero-order valence-electron chi connectivity index (χ0n) is 20.1. The van der Waals surface area contributed by atoms with Gasteiger partial charge in [-0.25, -0.2) is 5.43 Å². The number of hydrazone groups is 1. The van der Waals surface area contributed by atoms with Crippen LogP contribution in [0.1, 0.15) is 18.1 Å². The highest BCUT2D eigenvalue weighted by molar-refractivity contribution is 7.99. The lowest BCUT2D eigenvalue weighted by molar-refractivity contribution is -0.118. The molecule has 0 aliphatic heterocycles. The Hall–Kier alpha value is -4.23. The number of para-hydroxylation sites is 1. The van der Waals surface area contributed by atoms with Crippen LogP contribution in [-0.4, -0.2) is 32.1 Å². The molecule has 1 heterocycles. The molecule has 0 radical (unpaired) electrons. The number of nitrogens with zero attached hydrogens (tertiary/aromatic N) is 4. The van der Waals surface area contributed by atoms with Crippen molar-refractivity contribution in [3.63, 3.8) is 0 Å². The molecular weight excluding hydrogens is 466 g/mol. The van der Waals surface area contributed by atoms with Crippen LogP contribution in [0.5, 0.6) is 0 Å². The molecule has 0 spiro atoms. The molecule has 1 amide bonds. The van der Waals surface area contributed by atoms with Gasteiger partial charge in [0.05, 0.1) is 11.5 Å². The summed E-state index contributed by atoms with van der Waals surface area (Å²) in [6.07, 6.45) is 0. The van der Waals surface area contributed by atoms with Crippen molar-refractivity contribution in [3.05, 3.63) is 108 Å². The molecule has 5 aromatic rings. The van der Waals surface area contributed by atoms with Gasteiger partial charge in [0.25, 0.3) is 5.91 Å². The minimum Gasteiger partial charge on any atom is -0.272 e. The van der Waals surface area contributed by atoms with Crippen LogP contribution in [0.3, 0.4) is 0 Å². The normalized spacial score (nSPS) is 11.6. The number of hydrogen-bond donors (Lipinski definition) is 1.